The van der Waals surface area contributed by atoms with Crippen molar-refractivity contribution in [2.45, 2.75) is 13.8 Å². The molecule has 3 heteroatoms. The van der Waals surface area contributed by atoms with Crippen molar-refractivity contribution < 1.29 is 4.74 Å². The Morgan fingerprint density at radius 3 is 1.96 bits per heavy atom. The van der Waals surface area contributed by atoms with E-state index in [2.05, 4.69) is 55.2 Å². The van der Waals surface area contributed by atoms with Gasteiger partial charge in [0.1, 0.15) is 12.4 Å². The summed E-state index contributed by atoms with van der Waals surface area (Å²) >= 11 is 0. The summed E-state index contributed by atoms with van der Waals surface area (Å²) in [4.78, 5) is 2.36. The summed E-state index contributed by atoms with van der Waals surface area (Å²) < 4.78 is 5.79. The molecule has 0 spiro atoms. The second kappa shape index (κ2) is 10.9. The van der Waals surface area contributed by atoms with E-state index >= 15 is 0 Å². The van der Waals surface area contributed by atoms with E-state index in [0.717, 1.165) is 32.0 Å². The molecule has 23 heavy (non-hydrogen) atoms. The Morgan fingerprint density at radius 1 is 0.826 bits per heavy atom. The van der Waals surface area contributed by atoms with Crippen LogP contribution in [0.5, 0.6) is 5.75 Å². The van der Waals surface area contributed by atoms with E-state index in [1.165, 1.54) is 11.1 Å². The van der Waals surface area contributed by atoms with Gasteiger partial charge >= 0.3 is 0 Å². The lowest BCUT2D eigenvalue weighted by Crippen LogP contribution is -2.27. The van der Waals surface area contributed by atoms with Crippen LogP contribution in [0.1, 0.15) is 25.0 Å². The van der Waals surface area contributed by atoms with E-state index in [4.69, 9.17) is 4.74 Å². The van der Waals surface area contributed by atoms with Gasteiger partial charge in [-0.15, -0.1) is 12.4 Å². The Morgan fingerprint density at radius 2 is 1.39 bits per heavy atom. The van der Waals surface area contributed by atoms with Crippen LogP contribution in [0.15, 0.2) is 54.6 Å². The SMILES string of the molecule is CCN(CC)CCOc1ccc(/C=C/c2ccccc2)cc1.Cl. The minimum atomic E-state index is 0. The molecule has 2 aromatic carbocycles. The van der Waals surface area contributed by atoms with Crippen molar-refractivity contribution >= 4 is 24.6 Å². The molecule has 0 heterocycles. The molecule has 2 aromatic rings. The third-order valence-corrected chi connectivity index (χ3v) is 3.72. The molecule has 0 saturated carbocycles. The van der Waals surface area contributed by atoms with Gasteiger partial charge in [-0.3, -0.25) is 0 Å². The average molecular weight is 332 g/mol. The highest BCUT2D eigenvalue weighted by Gasteiger charge is 1.99. The molecule has 0 unspecified atom stereocenters. The molecule has 0 radical (unpaired) electrons. The normalized spacial score (nSPS) is 10.7. The zero-order chi connectivity index (χ0) is 15.6. The van der Waals surface area contributed by atoms with Gasteiger partial charge in [0.2, 0.25) is 0 Å². The van der Waals surface area contributed by atoms with E-state index in [0.29, 0.717) is 0 Å². The number of likely N-dealkylation sites (N-methyl/N-ethyl adjacent to an activating group) is 1. The summed E-state index contributed by atoms with van der Waals surface area (Å²) in [7, 11) is 0. The number of rotatable bonds is 8. The molecule has 0 N–H and O–H groups in total. The minimum Gasteiger partial charge on any atom is -0.492 e. The predicted octanol–water partition coefficient (Wildman–Crippen LogP) is 5.00. The smallest absolute Gasteiger partial charge is 0.119 e. The molecule has 0 fully saturated rings. The Balaban J connectivity index is 0.00000264. The van der Waals surface area contributed by atoms with Gasteiger partial charge in [0.05, 0.1) is 0 Å². The zero-order valence-electron chi connectivity index (χ0n) is 13.9. The van der Waals surface area contributed by atoms with Crippen LogP contribution in [-0.2, 0) is 0 Å². The first-order chi connectivity index (χ1) is 10.8. The first-order valence-electron chi connectivity index (χ1n) is 8.00. The average Bonchev–Trinajstić information content (AvgIpc) is 2.59. The number of benzene rings is 2. The second-order valence-electron chi connectivity index (χ2n) is 5.19. The lowest BCUT2D eigenvalue weighted by Gasteiger charge is -2.17. The van der Waals surface area contributed by atoms with E-state index in [1.54, 1.807) is 0 Å². The van der Waals surface area contributed by atoms with Crippen molar-refractivity contribution in [1.82, 2.24) is 4.90 Å². The highest BCUT2D eigenvalue weighted by atomic mass is 35.5. The van der Waals surface area contributed by atoms with Gasteiger partial charge in [-0.25, -0.2) is 0 Å². The van der Waals surface area contributed by atoms with E-state index in [1.807, 2.05) is 30.3 Å². The fourth-order valence-corrected chi connectivity index (χ4v) is 2.26. The molecular weight excluding hydrogens is 306 g/mol. The van der Waals surface area contributed by atoms with Gasteiger partial charge in [0.15, 0.2) is 0 Å². The molecular formula is C20H26ClNO. The fourth-order valence-electron chi connectivity index (χ4n) is 2.26. The molecule has 0 aromatic heterocycles. The predicted molar refractivity (Wildman–Crippen MR) is 102 cm³/mol. The zero-order valence-corrected chi connectivity index (χ0v) is 14.8. The van der Waals surface area contributed by atoms with Gasteiger partial charge in [-0.2, -0.15) is 0 Å². The van der Waals surface area contributed by atoms with Crippen molar-refractivity contribution in [3.63, 3.8) is 0 Å². The van der Waals surface area contributed by atoms with Gasteiger partial charge < -0.3 is 9.64 Å². The van der Waals surface area contributed by atoms with Crippen LogP contribution in [0, 0.1) is 0 Å². The number of nitrogens with zero attached hydrogens (tertiary/aromatic N) is 1. The third kappa shape index (κ3) is 6.89. The molecule has 0 bridgehead atoms. The molecule has 0 saturated heterocycles. The largest absolute Gasteiger partial charge is 0.492 e. The van der Waals surface area contributed by atoms with Crippen LogP contribution in [0.3, 0.4) is 0 Å². The second-order valence-corrected chi connectivity index (χ2v) is 5.19. The maximum Gasteiger partial charge on any atom is 0.119 e. The summed E-state index contributed by atoms with van der Waals surface area (Å²) in [5, 5.41) is 0. The molecule has 0 aliphatic carbocycles. The Bertz CT molecular complexity index is 562. The first kappa shape index (κ1) is 19.3. The quantitative estimate of drug-likeness (QED) is 0.631. The summed E-state index contributed by atoms with van der Waals surface area (Å²) in [6.45, 7) is 8.21. The lowest BCUT2D eigenvalue weighted by atomic mass is 10.1. The first-order valence-corrected chi connectivity index (χ1v) is 8.00. The summed E-state index contributed by atoms with van der Waals surface area (Å²) in [6, 6.07) is 18.6. The third-order valence-electron chi connectivity index (χ3n) is 3.72. The van der Waals surface area contributed by atoms with Gasteiger partial charge in [0, 0.05) is 6.54 Å². The Labute approximate surface area is 146 Å². The van der Waals surface area contributed by atoms with Gasteiger partial charge in [-0.05, 0) is 36.3 Å². The number of halogens is 1. The lowest BCUT2D eigenvalue weighted by molar-refractivity contribution is 0.223. The van der Waals surface area contributed by atoms with E-state index in [-0.39, 0.29) is 12.4 Å². The minimum absolute atomic E-state index is 0. The molecule has 0 aliphatic heterocycles. The van der Waals surface area contributed by atoms with Crippen LogP contribution in [0.2, 0.25) is 0 Å². The van der Waals surface area contributed by atoms with Crippen molar-refractivity contribution in [2.24, 2.45) is 0 Å². The highest BCUT2D eigenvalue weighted by molar-refractivity contribution is 5.85. The molecule has 2 nitrogen and oxygen atoms in total. The van der Waals surface area contributed by atoms with Crippen LogP contribution >= 0.6 is 12.4 Å². The van der Waals surface area contributed by atoms with Gasteiger partial charge in [-0.1, -0.05) is 68.5 Å². The number of hydrogen-bond donors (Lipinski definition) is 0. The summed E-state index contributed by atoms with van der Waals surface area (Å²) in [6.07, 6.45) is 4.24. The standard InChI is InChI=1S/C20H25NO.ClH/c1-3-21(4-2)16-17-22-20-14-12-19(13-15-20)11-10-18-8-6-5-7-9-18;/h5-15H,3-4,16-17H2,1-2H3;1H/b11-10+;. The maximum absolute atomic E-state index is 5.79. The van der Waals surface area contributed by atoms with Crippen LogP contribution < -0.4 is 4.74 Å². The van der Waals surface area contributed by atoms with Gasteiger partial charge in [0.25, 0.3) is 0 Å². The monoisotopic (exact) mass is 331 g/mol. The van der Waals surface area contributed by atoms with Crippen LogP contribution in [0.25, 0.3) is 12.2 Å². The Hall–Kier alpha value is -1.77. The number of hydrogen-bond acceptors (Lipinski definition) is 2. The summed E-state index contributed by atoms with van der Waals surface area (Å²) in [5.74, 6) is 0.934. The van der Waals surface area contributed by atoms with Crippen LogP contribution in [0.4, 0.5) is 0 Å². The molecule has 0 aliphatic rings. The molecule has 0 amide bonds. The van der Waals surface area contributed by atoms with Crippen molar-refractivity contribution in [2.75, 3.05) is 26.2 Å². The van der Waals surface area contributed by atoms with Crippen molar-refractivity contribution in [3.05, 3.63) is 65.7 Å². The fraction of sp³-hybridized carbons (Fsp3) is 0.300. The van der Waals surface area contributed by atoms with Crippen molar-refractivity contribution in [3.8, 4) is 5.75 Å². The molecule has 0 atom stereocenters. The summed E-state index contributed by atoms with van der Waals surface area (Å²) in [5.41, 5.74) is 2.39. The number of ether oxygens (including phenoxy) is 1. The van der Waals surface area contributed by atoms with E-state index < -0.39 is 0 Å². The topological polar surface area (TPSA) is 12.5 Å². The molecule has 2 rings (SSSR count). The van der Waals surface area contributed by atoms with Crippen LogP contribution in [-0.4, -0.2) is 31.1 Å². The Kier molecular flexibility index (Phi) is 9.11. The molecule has 124 valence electrons. The maximum atomic E-state index is 5.79. The van der Waals surface area contributed by atoms with E-state index in [9.17, 15) is 0 Å². The van der Waals surface area contributed by atoms with Crippen molar-refractivity contribution in [1.29, 1.82) is 0 Å². The highest BCUT2D eigenvalue weighted by Crippen LogP contribution is 2.14.